The first-order valence-corrected chi connectivity index (χ1v) is 9.56. The van der Waals surface area contributed by atoms with Crippen LogP contribution in [0, 0.1) is 0 Å². The lowest BCUT2D eigenvalue weighted by atomic mass is 10.1. The van der Waals surface area contributed by atoms with Gasteiger partial charge in [-0.2, -0.15) is 5.10 Å². The molecule has 0 spiro atoms. The van der Waals surface area contributed by atoms with Crippen molar-refractivity contribution in [3.63, 3.8) is 0 Å². The van der Waals surface area contributed by atoms with Crippen LogP contribution in [0.3, 0.4) is 0 Å². The molecule has 7 heteroatoms. The van der Waals surface area contributed by atoms with Crippen LogP contribution in [0.2, 0.25) is 5.02 Å². The summed E-state index contributed by atoms with van der Waals surface area (Å²) in [6.45, 7) is 0. The molecule has 0 unspecified atom stereocenters. The third kappa shape index (κ3) is 4.24. The first kappa shape index (κ1) is 19.4. The first-order valence-electron chi connectivity index (χ1n) is 9.18. The van der Waals surface area contributed by atoms with Crippen molar-refractivity contribution in [2.45, 2.75) is 0 Å². The molecule has 148 valence electrons. The Bertz CT molecular complexity index is 1230. The van der Waals surface area contributed by atoms with Crippen molar-refractivity contribution in [2.24, 2.45) is 5.10 Å². The second-order valence-corrected chi connectivity index (χ2v) is 6.93. The van der Waals surface area contributed by atoms with Gasteiger partial charge in [0.15, 0.2) is 0 Å². The molecule has 0 aliphatic carbocycles. The highest BCUT2D eigenvalue weighted by molar-refractivity contribution is 6.30. The molecular weight excluding hydrogens is 400 g/mol. The number of nitrogens with zero attached hydrogens (tertiary/aromatic N) is 1. The molecule has 1 heterocycles. The van der Waals surface area contributed by atoms with Crippen LogP contribution in [0.4, 0.5) is 5.69 Å². The zero-order valence-electron chi connectivity index (χ0n) is 15.7. The van der Waals surface area contributed by atoms with Gasteiger partial charge in [0.2, 0.25) is 0 Å². The fraction of sp³-hybridized carbons (Fsp3) is 0. The van der Waals surface area contributed by atoms with E-state index in [1.807, 2.05) is 36.4 Å². The second kappa shape index (κ2) is 8.63. The van der Waals surface area contributed by atoms with Crippen molar-refractivity contribution in [1.82, 2.24) is 10.4 Å². The predicted octanol–water partition coefficient (Wildman–Crippen LogP) is 4.84. The number of amides is 2. The Kier molecular flexibility index (Phi) is 5.59. The smallest absolute Gasteiger partial charge is 0.288 e. The zero-order valence-corrected chi connectivity index (χ0v) is 16.5. The molecule has 3 aromatic carbocycles. The largest absolute Gasteiger partial charge is 0.350 e. The average Bonchev–Trinajstić information content (AvgIpc) is 3.16. The third-order valence-electron chi connectivity index (χ3n) is 4.44. The molecule has 30 heavy (non-hydrogen) atoms. The summed E-state index contributed by atoms with van der Waals surface area (Å²) in [5, 5.41) is 8.08. The second-order valence-electron chi connectivity index (χ2n) is 6.49. The molecule has 0 saturated carbocycles. The van der Waals surface area contributed by atoms with Gasteiger partial charge in [0, 0.05) is 21.6 Å². The summed E-state index contributed by atoms with van der Waals surface area (Å²) in [7, 11) is 0. The van der Waals surface area contributed by atoms with E-state index >= 15 is 0 Å². The standard InChI is InChI=1S/C23H17ClN4O2/c24-16-12-10-15(11-13-16)14-25-28-23(30)21-20(18-8-4-5-9-19(18)27-21)22(29)26-17-6-2-1-3-7-17/h1-14,27H,(H,26,29)(H,28,30)/b25-14+. The number of halogens is 1. The molecule has 0 aliphatic heterocycles. The highest BCUT2D eigenvalue weighted by Crippen LogP contribution is 2.24. The molecular formula is C23H17ClN4O2. The van der Waals surface area contributed by atoms with Crippen LogP contribution in [0.5, 0.6) is 0 Å². The summed E-state index contributed by atoms with van der Waals surface area (Å²) < 4.78 is 0. The molecule has 2 amide bonds. The van der Waals surface area contributed by atoms with Gasteiger partial charge < -0.3 is 10.3 Å². The van der Waals surface area contributed by atoms with Crippen molar-refractivity contribution < 1.29 is 9.59 Å². The minimum absolute atomic E-state index is 0.137. The van der Waals surface area contributed by atoms with Crippen molar-refractivity contribution in [3.05, 3.63) is 101 Å². The fourth-order valence-corrected chi connectivity index (χ4v) is 3.16. The van der Waals surface area contributed by atoms with Crippen LogP contribution in [0.25, 0.3) is 10.9 Å². The Balaban J connectivity index is 1.61. The maximum absolute atomic E-state index is 13.0. The molecule has 6 nitrogen and oxygen atoms in total. The van der Waals surface area contributed by atoms with E-state index in [1.54, 1.807) is 42.5 Å². The van der Waals surface area contributed by atoms with E-state index in [0.29, 0.717) is 21.6 Å². The topological polar surface area (TPSA) is 86.3 Å². The van der Waals surface area contributed by atoms with Gasteiger partial charge in [0.05, 0.1) is 11.8 Å². The number of carbonyl (C=O) groups excluding carboxylic acids is 2. The van der Waals surface area contributed by atoms with E-state index in [-0.39, 0.29) is 17.2 Å². The number of aromatic amines is 1. The lowest BCUT2D eigenvalue weighted by Crippen LogP contribution is -2.23. The number of hydrogen-bond acceptors (Lipinski definition) is 3. The van der Waals surface area contributed by atoms with Gasteiger partial charge in [0.25, 0.3) is 11.8 Å². The number of para-hydroxylation sites is 2. The Morgan fingerprint density at radius 1 is 0.867 bits per heavy atom. The maximum Gasteiger partial charge on any atom is 0.288 e. The zero-order chi connectivity index (χ0) is 20.9. The molecule has 0 aliphatic rings. The molecule has 4 aromatic rings. The molecule has 0 atom stereocenters. The maximum atomic E-state index is 13.0. The lowest BCUT2D eigenvalue weighted by Gasteiger charge is -2.06. The lowest BCUT2D eigenvalue weighted by molar-refractivity contribution is 0.0938. The number of carbonyl (C=O) groups is 2. The van der Waals surface area contributed by atoms with Gasteiger partial charge >= 0.3 is 0 Å². The summed E-state index contributed by atoms with van der Waals surface area (Å²) in [5.74, 6) is -0.903. The number of rotatable bonds is 5. The molecule has 0 saturated heterocycles. The van der Waals surface area contributed by atoms with Crippen molar-refractivity contribution >= 4 is 46.2 Å². The van der Waals surface area contributed by atoms with Gasteiger partial charge in [-0.05, 0) is 35.9 Å². The number of nitrogens with one attached hydrogen (secondary N) is 3. The number of H-pyrrole nitrogens is 1. The van der Waals surface area contributed by atoms with E-state index in [4.69, 9.17) is 11.6 Å². The Morgan fingerprint density at radius 3 is 2.33 bits per heavy atom. The summed E-state index contributed by atoms with van der Waals surface area (Å²) in [6, 6.07) is 23.3. The minimum atomic E-state index is -0.519. The van der Waals surface area contributed by atoms with E-state index < -0.39 is 5.91 Å². The van der Waals surface area contributed by atoms with Crippen molar-refractivity contribution in [2.75, 3.05) is 5.32 Å². The van der Waals surface area contributed by atoms with E-state index in [9.17, 15) is 9.59 Å². The molecule has 0 fully saturated rings. The summed E-state index contributed by atoms with van der Waals surface area (Å²) >= 11 is 5.86. The third-order valence-corrected chi connectivity index (χ3v) is 4.69. The Hall–Kier alpha value is -3.90. The number of hydrazone groups is 1. The minimum Gasteiger partial charge on any atom is -0.350 e. The van der Waals surface area contributed by atoms with Crippen LogP contribution in [0.15, 0.2) is 84.0 Å². The normalized spacial score (nSPS) is 11.0. The highest BCUT2D eigenvalue weighted by Gasteiger charge is 2.23. The number of benzene rings is 3. The quantitative estimate of drug-likeness (QED) is 0.321. The average molecular weight is 417 g/mol. The summed E-state index contributed by atoms with van der Waals surface area (Å²) in [5.41, 5.74) is 4.96. The van der Waals surface area contributed by atoms with Crippen LogP contribution < -0.4 is 10.7 Å². The fourth-order valence-electron chi connectivity index (χ4n) is 3.03. The highest BCUT2D eigenvalue weighted by atomic mass is 35.5. The van der Waals surface area contributed by atoms with Crippen LogP contribution in [-0.2, 0) is 0 Å². The van der Waals surface area contributed by atoms with Gasteiger partial charge in [-0.1, -0.05) is 60.1 Å². The van der Waals surface area contributed by atoms with Crippen molar-refractivity contribution in [1.29, 1.82) is 0 Å². The molecule has 0 radical (unpaired) electrons. The first-order chi connectivity index (χ1) is 14.6. The van der Waals surface area contributed by atoms with Crippen LogP contribution in [0.1, 0.15) is 26.4 Å². The molecule has 0 bridgehead atoms. The number of fused-ring (bicyclic) bond motifs is 1. The summed E-state index contributed by atoms with van der Waals surface area (Å²) in [4.78, 5) is 28.8. The van der Waals surface area contributed by atoms with Crippen LogP contribution in [-0.4, -0.2) is 23.0 Å². The van der Waals surface area contributed by atoms with E-state index in [0.717, 1.165) is 5.56 Å². The number of hydrogen-bond donors (Lipinski definition) is 3. The molecule has 3 N–H and O–H groups in total. The molecule has 4 rings (SSSR count). The van der Waals surface area contributed by atoms with Gasteiger partial charge in [0.1, 0.15) is 5.69 Å². The number of aromatic nitrogens is 1. The Labute approximate surface area is 177 Å². The summed E-state index contributed by atoms with van der Waals surface area (Å²) in [6.07, 6.45) is 1.50. The monoisotopic (exact) mass is 416 g/mol. The van der Waals surface area contributed by atoms with Gasteiger partial charge in [-0.15, -0.1) is 0 Å². The SMILES string of the molecule is O=C(N/N=C/c1ccc(Cl)cc1)c1[nH]c2ccccc2c1C(=O)Nc1ccccc1. The molecule has 1 aromatic heterocycles. The van der Waals surface area contributed by atoms with Crippen LogP contribution >= 0.6 is 11.6 Å². The predicted molar refractivity (Wildman–Crippen MR) is 119 cm³/mol. The van der Waals surface area contributed by atoms with Gasteiger partial charge in [-0.3, -0.25) is 9.59 Å². The van der Waals surface area contributed by atoms with Gasteiger partial charge in [-0.25, -0.2) is 5.43 Å². The number of anilines is 1. The Morgan fingerprint density at radius 2 is 1.57 bits per heavy atom. The van der Waals surface area contributed by atoms with E-state index in [1.165, 1.54) is 6.21 Å². The van der Waals surface area contributed by atoms with E-state index in [2.05, 4.69) is 20.8 Å². The van der Waals surface area contributed by atoms with Crippen molar-refractivity contribution in [3.8, 4) is 0 Å².